The number of methoxy groups -OCH3 is 1. The molecule has 1 atom stereocenters. The third-order valence-corrected chi connectivity index (χ3v) is 5.12. The lowest BCUT2D eigenvalue weighted by atomic mass is 9.97. The summed E-state index contributed by atoms with van der Waals surface area (Å²) in [6.07, 6.45) is 1.60. The van der Waals surface area contributed by atoms with E-state index in [1.807, 2.05) is 30.5 Å². The van der Waals surface area contributed by atoms with Crippen LogP contribution in [0.15, 0.2) is 24.3 Å². The number of hydrogen-bond donors (Lipinski definition) is 1. The number of carbonyl (C=O) groups is 1. The van der Waals surface area contributed by atoms with Crippen molar-refractivity contribution in [1.82, 2.24) is 4.90 Å². The van der Waals surface area contributed by atoms with Crippen LogP contribution in [0, 0.1) is 0 Å². The Morgan fingerprint density at radius 2 is 2.00 bits per heavy atom. The SMILES string of the molecule is COc1ccc(N2CCN(C(=O)[C@H](O)CCSC)CC2(C)C)cc1. The van der Waals surface area contributed by atoms with Crippen molar-refractivity contribution in [3.8, 4) is 5.75 Å². The van der Waals surface area contributed by atoms with Gasteiger partial charge in [0, 0.05) is 25.3 Å². The van der Waals surface area contributed by atoms with E-state index in [9.17, 15) is 9.90 Å². The van der Waals surface area contributed by atoms with E-state index in [0.717, 1.165) is 23.7 Å². The van der Waals surface area contributed by atoms with Gasteiger partial charge in [0.1, 0.15) is 11.9 Å². The Bertz CT molecular complexity index is 548. The van der Waals surface area contributed by atoms with Crippen LogP contribution in [-0.4, -0.2) is 66.3 Å². The van der Waals surface area contributed by atoms with Crippen molar-refractivity contribution in [2.75, 3.05) is 43.7 Å². The fourth-order valence-electron chi connectivity index (χ4n) is 3.15. The Hall–Kier alpha value is -1.40. The molecule has 6 heteroatoms. The molecule has 24 heavy (non-hydrogen) atoms. The van der Waals surface area contributed by atoms with Crippen LogP contribution in [0.3, 0.4) is 0 Å². The van der Waals surface area contributed by atoms with Crippen molar-refractivity contribution in [3.05, 3.63) is 24.3 Å². The van der Waals surface area contributed by atoms with Gasteiger partial charge in [0.2, 0.25) is 0 Å². The monoisotopic (exact) mass is 352 g/mol. The summed E-state index contributed by atoms with van der Waals surface area (Å²) in [5, 5.41) is 10.1. The Balaban J connectivity index is 2.04. The van der Waals surface area contributed by atoms with Crippen LogP contribution in [0.4, 0.5) is 5.69 Å². The lowest BCUT2D eigenvalue weighted by Crippen LogP contribution is -2.62. The zero-order chi connectivity index (χ0) is 17.7. The first-order valence-corrected chi connectivity index (χ1v) is 9.66. The van der Waals surface area contributed by atoms with Crippen molar-refractivity contribution >= 4 is 23.4 Å². The van der Waals surface area contributed by atoms with Crippen molar-refractivity contribution in [3.63, 3.8) is 0 Å². The number of aliphatic hydroxyl groups excluding tert-OH is 1. The van der Waals surface area contributed by atoms with E-state index >= 15 is 0 Å². The Labute approximate surface area is 149 Å². The smallest absolute Gasteiger partial charge is 0.251 e. The zero-order valence-electron chi connectivity index (χ0n) is 15.0. The average molecular weight is 353 g/mol. The quantitative estimate of drug-likeness (QED) is 0.851. The normalized spacial score (nSPS) is 18.4. The second kappa shape index (κ2) is 8.12. The van der Waals surface area contributed by atoms with Gasteiger partial charge in [-0.05, 0) is 56.5 Å². The second-order valence-electron chi connectivity index (χ2n) is 6.72. The van der Waals surface area contributed by atoms with Gasteiger partial charge in [-0.1, -0.05) is 0 Å². The van der Waals surface area contributed by atoms with Crippen molar-refractivity contribution in [1.29, 1.82) is 0 Å². The lowest BCUT2D eigenvalue weighted by Gasteiger charge is -2.48. The summed E-state index contributed by atoms with van der Waals surface area (Å²) in [6.45, 7) is 6.25. The Kier molecular flexibility index (Phi) is 6.40. The summed E-state index contributed by atoms with van der Waals surface area (Å²) in [5.41, 5.74) is 0.928. The molecule has 0 radical (unpaired) electrons. The number of piperazine rings is 1. The Morgan fingerprint density at radius 1 is 1.33 bits per heavy atom. The maximum atomic E-state index is 12.5. The van der Waals surface area contributed by atoms with E-state index in [0.29, 0.717) is 19.5 Å². The van der Waals surface area contributed by atoms with E-state index in [4.69, 9.17) is 4.74 Å². The summed E-state index contributed by atoms with van der Waals surface area (Å²) in [4.78, 5) is 16.6. The molecular formula is C18H28N2O3S. The molecule has 0 unspecified atom stereocenters. The van der Waals surface area contributed by atoms with Gasteiger partial charge < -0.3 is 19.6 Å². The highest BCUT2D eigenvalue weighted by atomic mass is 32.2. The molecule has 5 nitrogen and oxygen atoms in total. The van der Waals surface area contributed by atoms with Crippen LogP contribution in [0.2, 0.25) is 0 Å². The summed E-state index contributed by atoms with van der Waals surface area (Å²) >= 11 is 1.65. The van der Waals surface area contributed by atoms with Crippen LogP contribution in [0.25, 0.3) is 0 Å². The third kappa shape index (κ3) is 4.36. The molecular weight excluding hydrogens is 324 g/mol. The maximum Gasteiger partial charge on any atom is 0.251 e. The van der Waals surface area contributed by atoms with Gasteiger partial charge in [0.25, 0.3) is 5.91 Å². The van der Waals surface area contributed by atoms with Crippen LogP contribution < -0.4 is 9.64 Å². The number of ether oxygens (including phenoxy) is 1. The first-order chi connectivity index (χ1) is 11.4. The molecule has 0 saturated carbocycles. The predicted octanol–water partition coefficient (Wildman–Crippen LogP) is 2.24. The van der Waals surface area contributed by atoms with E-state index in [1.165, 1.54) is 0 Å². The molecule has 0 spiro atoms. The minimum absolute atomic E-state index is 0.147. The standard InChI is InChI=1S/C18H28N2O3S/c1-18(2)13-19(17(22)16(21)9-12-24-4)10-11-20(18)14-5-7-15(23-3)8-6-14/h5-8,16,21H,9-13H2,1-4H3/t16-/m1/s1. The highest BCUT2D eigenvalue weighted by molar-refractivity contribution is 7.98. The molecule has 1 saturated heterocycles. The van der Waals surface area contributed by atoms with Gasteiger partial charge in [0.15, 0.2) is 0 Å². The Morgan fingerprint density at radius 3 is 2.54 bits per heavy atom. The van der Waals surface area contributed by atoms with Gasteiger partial charge in [-0.2, -0.15) is 11.8 Å². The number of amides is 1. The molecule has 1 amide bonds. The first kappa shape index (κ1) is 18.9. The van der Waals surface area contributed by atoms with Crippen LogP contribution in [0.1, 0.15) is 20.3 Å². The summed E-state index contributed by atoms with van der Waals surface area (Å²) in [7, 11) is 1.66. The maximum absolute atomic E-state index is 12.5. The number of hydrogen-bond acceptors (Lipinski definition) is 5. The van der Waals surface area contributed by atoms with E-state index in [1.54, 1.807) is 23.8 Å². The fraction of sp³-hybridized carbons (Fsp3) is 0.611. The van der Waals surface area contributed by atoms with Gasteiger partial charge in [-0.3, -0.25) is 4.79 Å². The van der Waals surface area contributed by atoms with Crippen molar-refractivity contribution in [2.45, 2.75) is 31.9 Å². The minimum Gasteiger partial charge on any atom is -0.497 e. The summed E-state index contributed by atoms with van der Waals surface area (Å²) < 4.78 is 5.21. The van der Waals surface area contributed by atoms with Crippen molar-refractivity contribution < 1.29 is 14.6 Å². The highest BCUT2D eigenvalue weighted by Gasteiger charge is 2.37. The first-order valence-electron chi connectivity index (χ1n) is 8.26. The fourth-order valence-corrected chi connectivity index (χ4v) is 3.61. The number of nitrogens with zero attached hydrogens (tertiary/aromatic N) is 2. The van der Waals surface area contributed by atoms with Gasteiger partial charge in [-0.15, -0.1) is 0 Å². The molecule has 134 valence electrons. The lowest BCUT2D eigenvalue weighted by molar-refractivity contribution is -0.141. The summed E-state index contributed by atoms with van der Waals surface area (Å²) in [5.74, 6) is 1.48. The van der Waals surface area contributed by atoms with Gasteiger partial charge in [-0.25, -0.2) is 0 Å². The predicted molar refractivity (Wildman–Crippen MR) is 100 cm³/mol. The molecule has 1 aliphatic heterocycles. The molecule has 1 heterocycles. The van der Waals surface area contributed by atoms with Crippen LogP contribution in [-0.2, 0) is 4.79 Å². The number of carbonyl (C=O) groups excluding carboxylic acids is 1. The average Bonchev–Trinajstić information content (AvgIpc) is 2.58. The van der Waals surface area contributed by atoms with E-state index < -0.39 is 6.10 Å². The molecule has 2 rings (SSSR count). The molecule has 1 aromatic rings. The van der Waals surface area contributed by atoms with Gasteiger partial charge >= 0.3 is 0 Å². The number of benzene rings is 1. The van der Waals surface area contributed by atoms with Crippen LogP contribution >= 0.6 is 11.8 Å². The molecule has 0 bridgehead atoms. The summed E-state index contributed by atoms with van der Waals surface area (Å²) in [6, 6.07) is 8.00. The largest absolute Gasteiger partial charge is 0.497 e. The van der Waals surface area contributed by atoms with Crippen LogP contribution in [0.5, 0.6) is 5.75 Å². The van der Waals surface area contributed by atoms with Gasteiger partial charge in [0.05, 0.1) is 12.6 Å². The van der Waals surface area contributed by atoms with Crippen molar-refractivity contribution in [2.24, 2.45) is 0 Å². The molecule has 1 N–H and O–H groups in total. The molecule has 1 aliphatic rings. The third-order valence-electron chi connectivity index (χ3n) is 4.48. The number of rotatable bonds is 6. The topological polar surface area (TPSA) is 53.0 Å². The van der Waals surface area contributed by atoms with E-state index in [-0.39, 0.29) is 11.4 Å². The number of thioether (sulfide) groups is 1. The molecule has 1 fully saturated rings. The molecule has 0 aromatic heterocycles. The number of aliphatic hydroxyl groups is 1. The molecule has 1 aromatic carbocycles. The zero-order valence-corrected chi connectivity index (χ0v) is 15.8. The number of anilines is 1. The van der Waals surface area contributed by atoms with E-state index in [2.05, 4.69) is 18.7 Å². The highest BCUT2D eigenvalue weighted by Crippen LogP contribution is 2.29. The second-order valence-corrected chi connectivity index (χ2v) is 7.70. The minimum atomic E-state index is -0.888. The molecule has 0 aliphatic carbocycles.